The number of halogens is 1. The van der Waals surface area contributed by atoms with E-state index in [1.54, 1.807) is 23.1 Å². The highest BCUT2D eigenvalue weighted by molar-refractivity contribution is 9.10. The van der Waals surface area contributed by atoms with Crippen molar-refractivity contribution in [3.8, 4) is 0 Å². The normalized spacial score (nSPS) is 19.3. The molecule has 1 fully saturated rings. The number of furan rings is 1. The highest BCUT2D eigenvalue weighted by atomic mass is 79.9. The summed E-state index contributed by atoms with van der Waals surface area (Å²) in [6.07, 6.45) is 0.460. The Balaban J connectivity index is 1.92. The first-order valence-corrected chi connectivity index (χ1v) is 10.3. The minimum Gasteiger partial charge on any atom is -0.452 e. The fraction of sp³-hybridized carbons (Fsp3) is 0.353. The third kappa shape index (κ3) is 3.72. The van der Waals surface area contributed by atoms with Gasteiger partial charge in [0.05, 0.1) is 18.1 Å². The smallest absolute Gasteiger partial charge is 0.254 e. The number of aryl methyl sites for hydroxylation is 1. The molecule has 3 rings (SSSR count). The van der Waals surface area contributed by atoms with Crippen molar-refractivity contribution in [3.63, 3.8) is 0 Å². The molecule has 5 nitrogen and oxygen atoms in total. The molecule has 1 aromatic heterocycles. The van der Waals surface area contributed by atoms with Gasteiger partial charge < -0.3 is 9.32 Å². The van der Waals surface area contributed by atoms with E-state index in [-0.39, 0.29) is 30.0 Å². The molecule has 24 heavy (non-hydrogen) atoms. The summed E-state index contributed by atoms with van der Waals surface area (Å²) in [5, 5.41) is 0. The molecule has 0 aliphatic carbocycles. The minimum absolute atomic E-state index is 0.00645. The zero-order valence-electron chi connectivity index (χ0n) is 13.2. The van der Waals surface area contributed by atoms with Crippen molar-refractivity contribution in [2.45, 2.75) is 25.9 Å². The number of hydrogen-bond acceptors (Lipinski definition) is 4. The molecule has 0 radical (unpaired) electrons. The van der Waals surface area contributed by atoms with Crippen LogP contribution in [0.5, 0.6) is 0 Å². The van der Waals surface area contributed by atoms with Crippen LogP contribution in [0.1, 0.15) is 28.1 Å². The minimum atomic E-state index is -3.09. The SMILES string of the molecule is Cc1ccccc1C(=O)N(Cc1ccc(Br)o1)[C@H]1CCS(=O)(=O)C1. The monoisotopic (exact) mass is 411 g/mol. The number of hydrogen-bond donors (Lipinski definition) is 0. The van der Waals surface area contributed by atoms with Gasteiger partial charge in [0, 0.05) is 11.6 Å². The molecule has 0 spiro atoms. The molecule has 1 amide bonds. The first kappa shape index (κ1) is 17.2. The molecule has 128 valence electrons. The zero-order valence-corrected chi connectivity index (χ0v) is 15.6. The summed E-state index contributed by atoms with van der Waals surface area (Å²) < 4.78 is 29.8. The van der Waals surface area contributed by atoms with Crippen molar-refractivity contribution >= 4 is 31.7 Å². The molecule has 0 bridgehead atoms. The molecule has 7 heteroatoms. The van der Waals surface area contributed by atoms with E-state index in [0.717, 1.165) is 5.56 Å². The summed E-state index contributed by atoms with van der Waals surface area (Å²) in [6, 6.07) is 10.5. The van der Waals surface area contributed by atoms with Crippen LogP contribution in [0, 0.1) is 6.92 Å². The second-order valence-electron chi connectivity index (χ2n) is 6.01. The lowest BCUT2D eigenvalue weighted by Gasteiger charge is -2.28. The van der Waals surface area contributed by atoms with Crippen molar-refractivity contribution in [2.24, 2.45) is 0 Å². The van der Waals surface area contributed by atoms with Crippen LogP contribution in [-0.2, 0) is 16.4 Å². The Hall–Kier alpha value is -1.60. The molecule has 1 saturated heterocycles. The quantitative estimate of drug-likeness (QED) is 0.774. The lowest BCUT2D eigenvalue weighted by Crippen LogP contribution is -2.40. The lowest BCUT2D eigenvalue weighted by atomic mass is 10.1. The van der Waals surface area contributed by atoms with Crippen molar-refractivity contribution in [2.75, 3.05) is 11.5 Å². The number of carbonyl (C=O) groups excluding carboxylic acids is 1. The second-order valence-corrected chi connectivity index (χ2v) is 9.02. The van der Waals surface area contributed by atoms with Gasteiger partial charge in [0.2, 0.25) is 0 Å². The predicted octanol–water partition coefficient (Wildman–Crippen LogP) is 3.18. The standard InChI is InChI=1S/C17H18BrNO4S/c1-12-4-2-3-5-15(12)17(20)19(10-14-6-7-16(18)23-14)13-8-9-24(21,22)11-13/h2-7,13H,8-11H2,1H3/t13-/m0/s1. The number of carbonyl (C=O) groups is 1. The van der Waals surface area contributed by atoms with Crippen LogP contribution in [0.3, 0.4) is 0 Å². The summed E-state index contributed by atoms with van der Waals surface area (Å²) in [6.45, 7) is 2.12. The number of rotatable bonds is 4. The third-order valence-electron chi connectivity index (χ3n) is 4.24. The van der Waals surface area contributed by atoms with E-state index in [1.165, 1.54) is 0 Å². The predicted molar refractivity (Wildman–Crippen MR) is 94.5 cm³/mol. The van der Waals surface area contributed by atoms with E-state index in [9.17, 15) is 13.2 Å². The number of benzene rings is 1. The van der Waals surface area contributed by atoms with E-state index in [0.29, 0.717) is 22.4 Å². The largest absolute Gasteiger partial charge is 0.452 e. The zero-order chi connectivity index (χ0) is 17.3. The Labute approximate surface area is 149 Å². The average molecular weight is 412 g/mol. The maximum atomic E-state index is 13.1. The van der Waals surface area contributed by atoms with Crippen LogP contribution < -0.4 is 0 Å². The van der Waals surface area contributed by atoms with Crippen molar-refractivity contribution < 1.29 is 17.6 Å². The molecule has 0 N–H and O–H groups in total. The Morgan fingerprint density at radius 2 is 2.04 bits per heavy atom. The molecule has 0 unspecified atom stereocenters. The van der Waals surface area contributed by atoms with Gasteiger partial charge >= 0.3 is 0 Å². The first-order chi connectivity index (χ1) is 11.4. The summed E-state index contributed by atoms with van der Waals surface area (Å²) in [5.41, 5.74) is 1.46. The fourth-order valence-corrected chi connectivity index (χ4v) is 5.03. The van der Waals surface area contributed by atoms with Crippen LogP contribution in [0.4, 0.5) is 0 Å². The van der Waals surface area contributed by atoms with E-state index in [2.05, 4.69) is 15.9 Å². The van der Waals surface area contributed by atoms with E-state index < -0.39 is 9.84 Å². The Kier molecular flexibility index (Phi) is 4.83. The van der Waals surface area contributed by atoms with Crippen molar-refractivity contribution in [1.29, 1.82) is 0 Å². The topological polar surface area (TPSA) is 67.6 Å². The van der Waals surface area contributed by atoms with Gasteiger partial charge in [0.25, 0.3) is 5.91 Å². The summed E-state index contributed by atoms with van der Waals surface area (Å²) in [4.78, 5) is 14.7. The van der Waals surface area contributed by atoms with Crippen molar-refractivity contribution in [1.82, 2.24) is 4.90 Å². The summed E-state index contributed by atoms with van der Waals surface area (Å²) >= 11 is 3.25. The van der Waals surface area contributed by atoms with Crippen LogP contribution >= 0.6 is 15.9 Å². The van der Waals surface area contributed by atoms with Crippen LogP contribution in [0.15, 0.2) is 45.5 Å². The van der Waals surface area contributed by atoms with Gasteiger partial charge in [-0.2, -0.15) is 0 Å². The van der Waals surface area contributed by atoms with Gasteiger partial charge in [0.15, 0.2) is 14.5 Å². The Morgan fingerprint density at radius 1 is 1.29 bits per heavy atom. The van der Waals surface area contributed by atoms with Gasteiger partial charge in [-0.15, -0.1) is 0 Å². The second kappa shape index (κ2) is 6.72. The van der Waals surface area contributed by atoms with E-state index in [1.807, 2.05) is 25.1 Å². The number of nitrogens with zero attached hydrogens (tertiary/aromatic N) is 1. The summed E-state index contributed by atoms with van der Waals surface area (Å²) in [7, 11) is -3.09. The molecule has 1 aromatic carbocycles. The molecular formula is C17H18BrNO4S. The van der Waals surface area contributed by atoms with E-state index >= 15 is 0 Å². The van der Waals surface area contributed by atoms with Gasteiger partial charge in [-0.05, 0) is 53.0 Å². The molecule has 1 atom stereocenters. The van der Waals surface area contributed by atoms with E-state index in [4.69, 9.17) is 4.42 Å². The van der Waals surface area contributed by atoms with Gasteiger partial charge in [-0.3, -0.25) is 4.79 Å². The molecule has 2 aromatic rings. The fourth-order valence-electron chi connectivity index (χ4n) is 2.96. The Morgan fingerprint density at radius 3 is 2.62 bits per heavy atom. The molecule has 1 aliphatic heterocycles. The highest BCUT2D eigenvalue weighted by Gasteiger charge is 2.35. The third-order valence-corrected chi connectivity index (χ3v) is 6.42. The lowest BCUT2D eigenvalue weighted by molar-refractivity contribution is 0.0664. The van der Waals surface area contributed by atoms with Gasteiger partial charge in [-0.25, -0.2) is 8.42 Å². The van der Waals surface area contributed by atoms with Gasteiger partial charge in [-0.1, -0.05) is 18.2 Å². The first-order valence-electron chi connectivity index (χ1n) is 7.67. The molecular weight excluding hydrogens is 394 g/mol. The van der Waals surface area contributed by atoms with Gasteiger partial charge in [0.1, 0.15) is 5.76 Å². The molecule has 2 heterocycles. The van der Waals surface area contributed by atoms with Crippen molar-refractivity contribution in [3.05, 3.63) is 58.0 Å². The highest BCUT2D eigenvalue weighted by Crippen LogP contribution is 2.24. The average Bonchev–Trinajstić information content (AvgIpc) is 3.10. The number of amides is 1. The molecule has 0 saturated carbocycles. The van der Waals surface area contributed by atoms with Crippen LogP contribution in [-0.4, -0.2) is 36.8 Å². The Bertz CT molecular complexity index is 859. The maximum Gasteiger partial charge on any atom is 0.254 e. The maximum absolute atomic E-state index is 13.1. The van der Waals surface area contributed by atoms with Crippen LogP contribution in [0.2, 0.25) is 0 Å². The van der Waals surface area contributed by atoms with Crippen LogP contribution in [0.25, 0.3) is 0 Å². The number of sulfone groups is 1. The molecule has 1 aliphatic rings. The summed E-state index contributed by atoms with van der Waals surface area (Å²) in [5.74, 6) is 0.583.